The van der Waals surface area contributed by atoms with Crippen molar-refractivity contribution in [1.29, 1.82) is 0 Å². The van der Waals surface area contributed by atoms with E-state index in [0.717, 1.165) is 43.9 Å². The summed E-state index contributed by atoms with van der Waals surface area (Å²) in [6.07, 6.45) is 13.1. The Balaban J connectivity index is 1.76. The van der Waals surface area contributed by atoms with E-state index in [0.29, 0.717) is 36.2 Å². The van der Waals surface area contributed by atoms with Crippen molar-refractivity contribution in [3.8, 4) is 12.3 Å². The Morgan fingerprint density at radius 3 is 2.54 bits per heavy atom. The monoisotopic (exact) mass is 354 g/mol. The number of hydrogen-bond donors (Lipinski definition) is 2. The number of terminal acetylenes is 1. The largest absolute Gasteiger partial charge is 0.515 e. The molecular weight excluding hydrogens is 324 g/mol. The van der Waals surface area contributed by atoms with Gasteiger partial charge < -0.3 is 10.2 Å². The minimum absolute atomic E-state index is 0.0154. The fourth-order valence-corrected chi connectivity index (χ4v) is 7.37. The average Bonchev–Trinajstić information content (AvgIpc) is 2.90. The van der Waals surface area contributed by atoms with Crippen molar-refractivity contribution < 1.29 is 15.0 Å². The third-order valence-electron chi connectivity index (χ3n) is 8.86. The van der Waals surface area contributed by atoms with Gasteiger partial charge in [0.05, 0.1) is 6.26 Å². The topological polar surface area (TPSA) is 57.5 Å². The van der Waals surface area contributed by atoms with Gasteiger partial charge in [0.15, 0.2) is 5.78 Å². The van der Waals surface area contributed by atoms with E-state index in [2.05, 4.69) is 19.8 Å². The second kappa shape index (κ2) is 5.49. The molecule has 4 aliphatic rings. The molecule has 4 aliphatic carbocycles. The molecule has 0 radical (unpaired) electrons. The maximum Gasteiger partial charge on any atom is 0.187 e. The molecule has 2 N–H and O–H groups in total. The summed E-state index contributed by atoms with van der Waals surface area (Å²) in [5.41, 5.74) is 1.47. The van der Waals surface area contributed by atoms with Crippen molar-refractivity contribution >= 4 is 5.78 Å². The SMILES string of the molecule is C#C[C@@]1(O)CC[C@H]2[C@@H]3CCC4=C(C)C(=O)C(=CO)C[C@]4(C)[C@H]3CC[C@@]21C. The summed E-state index contributed by atoms with van der Waals surface area (Å²) in [6, 6.07) is 0. The van der Waals surface area contributed by atoms with Crippen LogP contribution in [0, 0.1) is 40.9 Å². The Bertz CT molecular complexity index is 769. The van der Waals surface area contributed by atoms with Crippen molar-refractivity contribution in [2.24, 2.45) is 28.6 Å². The minimum Gasteiger partial charge on any atom is -0.515 e. The van der Waals surface area contributed by atoms with Crippen molar-refractivity contribution in [2.45, 2.75) is 71.3 Å². The van der Waals surface area contributed by atoms with Crippen LogP contribution in [-0.2, 0) is 4.79 Å². The van der Waals surface area contributed by atoms with Crippen molar-refractivity contribution in [2.75, 3.05) is 0 Å². The van der Waals surface area contributed by atoms with Gasteiger partial charge in [-0.15, -0.1) is 6.42 Å². The third-order valence-corrected chi connectivity index (χ3v) is 8.86. The summed E-state index contributed by atoms with van der Waals surface area (Å²) >= 11 is 0. The Morgan fingerprint density at radius 1 is 1.19 bits per heavy atom. The van der Waals surface area contributed by atoms with Crippen molar-refractivity contribution in [1.82, 2.24) is 0 Å². The summed E-state index contributed by atoms with van der Waals surface area (Å²) < 4.78 is 0. The lowest BCUT2D eigenvalue weighted by Crippen LogP contribution is -2.54. The average molecular weight is 354 g/mol. The van der Waals surface area contributed by atoms with Crippen molar-refractivity contribution in [3.05, 3.63) is 23.0 Å². The van der Waals surface area contributed by atoms with Gasteiger partial charge in [-0.25, -0.2) is 0 Å². The molecule has 3 fully saturated rings. The molecule has 0 heterocycles. The fourth-order valence-electron chi connectivity index (χ4n) is 7.37. The number of hydrogen-bond acceptors (Lipinski definition) is 3. The van der Waals surface area contributed by atoms with Crippen LogP contribution in [0.1, 0.15) is 65.7 Å². The second-order valence-corrected chi connectivity index (χ2v) is 9.60. The van der Waals surface area contributed by atoms with Crippen LogP contribution in [0.2, 0.25) is 0 Å². The summed E-state index contributed by atoms with van der Waals surface area (Å²) in [4.78, 5) is 12.5. The van der Waals surface area contributed by atoms with Gasteiger partial charge in [0.25, 0.3) is 0 Å². The normalized spacial score (nSPS) is 49.4. The summed E-state index contributed by atoms with van der Waals surface area (Å²) in [5, 5.41) is 20.7. The Kier molecular flexibility index (Phi) is 3.77. The molecule has 0 bridgehead atoms. The van der Waals surface area contributed by atoms with Gasteiger partial charge in [-0.3, -0.25) is 4.79 Å². The lowest BCUT2D eigenvalue weighted by atomic mass is 9.45. The van der Waals surface area contributed by atoms with Crippen LogP contribution in [0.15, 0.2) is 23.0 Å². The number of carbonyl (C=O) groups is 1. The molecule has 0 aromatic heterocycles. The summed E-state index contributed by atoms with van der Waals surface area (Å²) in [7, 11) is 0. The molecule has 0 amide bonds. The van der Waals surface area contributed by atoms with Gasteiger partial charge in [0, 0.05) is 11.0 Å². The first-order valence-corrected chi connectivity index (χ1v) is 10.00. The minimum atomic E-state index is -0.978. The van der Waals surface area contributed by atoms with Gasteiger partial charge in [0.2, 0.25) is 0 Å². The molecule has 4 rings (SSSR count). The number of aliphatic hydroxyl groups excluding tert-OH is 1. The van der Waals surface area contributed by atoms with E-state index in [1.807, 2.05) is 6.92 Å². The van der Waals surface area contributed by atoms with Crippen molar-refractivity contribution in [3.63, 3.8) is 0 Å². The quantitative estimate of drug-likeness (QED) is 0.387. The second-order valence-electron chi connectivity index (χ2n) is 9.60. The van der Waals surface area contributed by atoms with Crippen LogP contribution < -0.4 is 0 Å². The summed E-state index contributed by atoms with van der Waals surface area (Å²) in [5.74, 6) is 4.21. The highest BCUT2D eigenvalue weighted by molar-refractivity contribution is 6.09. The van der Waals surface area contributed by atoms with E-state index in [-0.39, 0.29) is 16.6 Å². The summed E-state index contributed by atoms with van der Waals surface area (Å²) in [6.45, 7) is 6.42. The molecule has 0 spiro atoms. The van der Waals surface area contributed by atoms with Crippen LogP contribution >= 0.6 is 0 Å². The lowest BCUT2D eigenvalue weighted by Gasteiger charge is -2.59. The fraction of sp³-hybridized carbons (Fsp3) is 0.696. The van der Waals surface area contributed by atoms with E-state index in [9.17, 15) is 15.0 Å². The molecule has 3 nitrogen and oxygen atoms in total. The maximum atomic E-state index is 12.5. The first-order valence-electron chi connectivity index (χ1n) is 10.00. The van der Waals surface area contributed by atoms with E-state index in [1.165, 1.54) is 5.57 Å². The lowest BCUT2D eigenvalue weighted by molar-refractivity contribution is -0.116. The number of rotatable bonds is 0. The number of Topliss-reactive ketones (excluding diaryl/α,β-unsaturated/α-hetero) is 1. The molecule has 0 unspecified atom stereocenters. The Labute approximate surface area is 156 Å². The Hall–Kier alpha value is -1.53. The molecule has 0 aromatic rings. The third kappa shape index (κ3) is 1.97. The molecule has 0 aromatic carbocycles. The zero-order valence-electron chi connectivity index (χ0n) is 16.1. The van der Waals surface area contributed by atoms with Crippen LogP contribution in [0.4, 0.5) is 0 Å². The molecule has 140 valence electrons. The number of fused-ring (bicyclic) bond motifs is 5. The molecular formula is C23H30O3. The first kappa shape index (κ1) is 17.9. The van der Waals surface area contributed by atoms with Gasteiger partial charge in [-0.05, 0) is 80.6 Å². The van der Waals surface area contributed by atoms with Crippen LogP contribution in [0.25, 0.3) is 0 Å². The zero-order valence-corrected chi connectivity index (χ0v) is 16.1. The molecule has 6 atom stereocenters. The smallest absolute Gasteiger partial charge is 0.187 e. The molecule has 3 saturated carbocycles. The van der Waals surface area contributed by atoms with E-state index in [1.54, 1.807) is 0 Å². The number of aliphatic hydroxyl groups is 2. The number of allylic oxidation sites excluding steroid dienone is 2. The zero-order chi connectivity index (χ0) is 18.9. The predicted octanol–water partition coefficient (Wildman–Crippen LogP) is 4.32. The highest BCUT2D eigenvalue weighted by atomic mass is 16.3. The molecule has 0 aliphatic heterocycles. The standard InChI is InChI=1S/C23H30O3/c1-5-23(26)11-9-19-16-6-7-17-14(2)20(25)15(13-24)12-21(17,3)18(16)8-10-22(19,23)4/h1,13,16,18-19,24,26H,6-12H2,2-4H3/t16-,18+,19+,21+,22+,23-/m1/s1. The molecule has 0 saturated heterocycles. The van der Waals surface area contributed by atoms with Gasteiger partial charge in [0.1, 0.15) is 5.60 Å². The van der Waals surface area contributed by atoms with E-state index in [4.69, 9.17) is 6.42 Å². The highest BCUT2D eigenvalue weighted by Gasteiger charge is 2.64. The van der Waals surface area contributed by atoms with Crippen LogP contribution in [0.3, 0.4) is 0 Å². The van der Waals surface area contributed by atoms with Crippen LogP contribution in [0.5, 0.6) is 0 Å². The number of ketones is 1. The Morgan fingerprint density at radius 2 is 1.88 bits per heavy atom. The van der Waals surface area contributed by atoms with Gasteiger partial charge in [-0.1, -0.05) is 25.3 Å². The van der Waals surface area contributed by atoms with Gasteiger partial charge in [-0.2, -0.15) is 0 Å². The highest BCUT2D eigenvalue weighted by Crippen LogP contribution is 2.68. The number of carbonyl (C=O) groups excluding carboxylic acids is 1. The maximum absolute atomic E-state index is 12.5. The van der Waals surface area contributed by atoms with E-state index >= 15 is 0 Å². The first-order chi connectivity index (χ1) is 12.2. The van der Waals surface area contributed by atoms with E-state index < -0.39 is 5.60 Å². The molecule has 26 heavy (non-hydrogen) atoms. The van der Waals surface area contributed by atoms with Crippen LogP contribution in [-0.4, -0.2) is 21.6 Å². The predicted molar refractivity (Wildman–Crippen MR) is 101 cm³/mol. The van der Waals surface area contributed by atoms with Gasteiger partial charge >= 0.3 is 0 Å². The molecule has 3 heteroatoms.